The van der Waals surface area contributed by atoms with Crippen molar-refractivity contribution in [1.82, 2.24) is 14.9 Å². The zero-order valence-corrected chi connectivity index (χ0v) is 17.9. The lowest BCUT2D eigenvalue weighted by Crippen LogP contribution is -2.47. The van der Waals surface area contributed by atoms with Crippen molar-refractivity contribution in [3.8, 4) is 5.88 Å². The molecule has 144 valence electrons. The molecule has 9 heteroatoms. The van der Waals surface area contributed by atoms with E-state index in [4.69, 9.17) is 4.74 Å². The van der Waals surface area contributed by atoms with E-state index in [1.165, 1.54) is 7.11 Å². The minimum atomic E-state index is -0.0361. The third-order valence-electron chi connectivity index (χ3n) is 4.41. The summed E-state index contributed by atoms with van der Waals surface area (Å²) >= 11 is 4.51. The van der Waals surface area contributed by atoms with E-state index in [9.17, 15) is 4.79 Å². The Hall–Kier alpha value is -2.00. The molecule has 1 N–H and O–H groups in total. The maximum absolute atomic E-state index is 12.5. The average molecular weight is 452 g/mol. The first-order chi connectivity index (χ1) is 13.0. The van der Waals surface area contributed by atoms with Crippen LogP contribution in [0.1, 0.15) is 11.4 Å². The van der Waals surface area contributed by atoms with Gasteiger partial charge in [-0.2, -0.15) is 0 Å². The molecule has 1 fully saturated rings. The first-order valence-electron chi connectivity index (χ1n) is 8.59. The molecule has 1 aromatic heterocycles. The van der Waals surface area contributed by atoms with Crippen molar-refractivity contribution in [3.05, 3.63) is 40.1 Å². The molecule has 0 radical (unpaired) electrons. The van der Waals surface area contributed by atoms with E-state index in [-0.39, 0.29) is 5.24 Å². The summed E-state index contributed by atoms with van der Waals surface area (Å²) < 4.78 is 9.29. The standard InChI is InChI=1S/C18H22BrN5O2S/c1-12-13(2)21-17(26-3)16(20-12)22-27-18(25)24-9-7-23(8-10-24)15-6-4-5-14(19)11-15/h4-6,11H,7-10H2,1-3H3,(H,20,22). The number of carbonyl (C=O) groups is 1. The van der Waals surface area contributed by atoms with Crippen LogP contribution in [0.15, 0.2) is 28.7 Å². The van der Waals surface area contributed by atoms with Gasteiger partial charge in [0.05, 0.1) is 18.5 Å². The van der Waals surface area contributed by atoms with Gasteiger partial charge in [-0.1, -0.05) is 22.0 Å². The molecule has 2 heterocycles. The Bertz CT molecular complexity index is 827. The molecule has 27 heavy (non-hydrogen) atoms. The third kappa shape index (κ3) is 4.84. The summed E-state index contributed by atoms with van der Waals surface area (Å²) in [6.45, 7) is 6.70. The van der Waals surface area contributed by atoms with E-state index in [2.05, 4.69) is 47.7 Å². The fourth-order valence-electron chi connectivity index (χ4n) is 2.77. The van der Waals surface area contributed by atoms with Crippen LogP contribution in [0.3, 0.4) is 0 Å². The van der Waals surface area contributed by atoms with E-state index in [0.29, 0.717) is 24.8 Å². The van der Waals surface area contributed by atoms with Gasteiger partial charge in [0.15, 0.2) is 5.82 Å². The molecule has 1 aliphatic heterocycles. The van der Waals surface area contributed by atoms with Gasteiger partial charge in [-0.15, -0.1) is 0 Å². The largest absolute Gasteiger partial charge is 0.478 e. The second kappa shape index (κ2) is 8.79. The van der Waals surface area contributed by atoms with Gasteiger partial charge in [-0.05, 0) is 32.0 Å². The summed E-state index contributed by atoms with van der Waals surface area (Å²) in [5.41, 5.74) is 2.77. The van der Waals surface area contributed by atoms with E-state index < -0.39 is 0 Å². The fraction of sp³-hybridized carbons (Fsp3) is 0.389. The van der Waals surface area contributed by atoms with Gasteiger partial charge < -0.3 is 19.3 Å². The zero-order valence-electron chi connectivity index (χ0n) is 15.5. The number of aryl methyl sites for hydroxylation is 2. The normalized spacial score (nSPS) is 14.2. The zero-order chi connectivity index (χ0) is 19.4. The molecule has 2 aromatic rings. The number of hydrogen-bond acceptors (Lipinski definition) is 7. The monoisotopic (exact) mass is 451 g/mol. The number of anilines is 2. The number of halogens is 1. The van der Waals surface area contributed by atoms with Gasteiger partial charge in [0, 0.05) is 48.3 Å². The number of piperazine rings is 1. The molecule has 0 spiro atoms. The van der Waals surface area contributed by atoms with Crippen molar-refractivity contribution < 1.29 is 9.53 Å². The fourth-order valence-corrected chi connectivity index (χ4v) is 3.78. The number of methoxy groups -OCH3 is 1. The van der Waals surface area contributed by atoms with E-state index in [1.807, 2.05) is 30.9 Å². The van der Waals surface area contributed by atoms with Crippen LogP contribution >= 0.6 is 27.9 Å². The van der Waals surface area contributed by atoms with Crippen LogP contribution in [0.2, 0.25) is 0 Å². The molecule has 0 unspecified atom stereocenters. The van der Waals surface area contributed by atoms with Crippen LogP contribution in [0.5, 0.6) is 5.88 Å². The Morgan fingerprint density at radius 2 is 1.89 bits per heavy atom. The van der Waals surface area contributed by atoms with Crippen molar-refractivity contribution in [2.24, 2.45) is 0 Å². The smallest absolute Gasteiger partial charge is 0.302 e. The third-order valence-corrected chi connectivity index (χ3v) is 5.64. The number of benzene rings is 1. The molecule has 7 nitrogen and oxygen atoms in total. The molecule has 0 atom stereocenters. The maximum atomic E-state index is 12.5. The maximum Gasteiger partial charge on any atom is 0.302 e. The first-order valence-corrected chi connectivity index (χ1v) is 10.2. The van der Waals surface area contributed by atoms with E-state index in [1.54, 1.807) is 0 Å². The minimum Gasteiger partial charge on any atom is -0.478 e. The van der Waals surface area contributed by atoms with Crippen molar-refractivity contribution >= 4 is 44.6 Å². The topological polar surface area (TPSA) is 70.6 Å². The number of amides is 1. The highest BCUT2D eigenvalue weighted by molar-refractivity contribution is 9.10. The van der Waals surface area contributed by atoms with Gasteiger partial charge in [0.1, 0.15) is 0 Å². The summed E-state index contributed by atoms with van der Waals surface area (Å²) in [6, 6.07) is 8.21. The van der Waals surface area contributed by atoms with Crippen molar-refractivity contribution in [3.63, 3.8) is 0 Å². The molecule has 1 saturated heterocycles. The van der Waals surface area contributed by atoms with Gasteiger partial charge in [0.25, 0.3) is 5.88 Å². The lowest BCUT2D eigenvalue weighted by Gasteiger charge is -2.35. The molecular formula is C18H22BrN5O2S. The summed E-state index contributed by atoms with van der Waals surface area (Å²) in [4.78, 5) is 25.4. The number of ether oxygens (including phenoxy) is 1. The summed E-state index contributed by atoms with van der Waals surface area (Å²) in [5.74, 6) is 0.851. The Morgan fingerprint density at radius 1 is 1.19 bits per heavy atom. The first kappa shape index (κ1) is 19.8. The second-order valence-electron chi connectivity index (χ2n) is 6.18. The lowest BCUT2D eigenvalue weighted by molar-refractivity contribution is 0.219. The summed E-state index contributed by atoms with van der Waals surface area (Å²) in [5, 5.41) is -0.0361. The Labute approximate surface area is 171 Å². The Kier molecular flexibility index (Phi) is 6.43. The van der Waals surface area contributed by atoms with Crippen LogP contribution in [0, 0.1) is 13.8 Å². The summed E-state index contributed by atoms with van der Waals surface area (Å²) in [6.07, 6.45) is 0. The SMILES string of the molecule is COc1nc(C)c(C)nc1NSC(=O)N1CCN(c2cccc(Br)c2)CC1. The van der Waals surface area contributed by atoms with Crippen molar-refractivity contribution in [2.45, 2.75) is 13.8 Å². The Morgan fingerprint density at radius 3 is 2.56 bits per heavy atom. The average Bonchev–Trinajstić information content (AvgIpc) is 2.68. The Balaban J connectivity index is 1.55. The number of nitrogens with one attached hydrogen (secondary N) is 1. The van der Waals surface area contributed by atoms with Crippen LogP contribution in [-0.2, 0) is 0 Å². The summed E-state index contributed by atoms with van der Waals surface area (Å²) in [7, 11) is 1.54. The molecule has 1 aromatic carbocycles. The number of hydrogen-bond donors (Lipinski definition) is 1. The highest BCUT2D eigenvalue weighted by atomic mass is 79.9. The minimum absolute atomic E-state index is 0.0361. The molecule has 0 aliphatic carbocycles. The lowest BCUT2D eigenvalue weighted by atomic mass is 10.2. The highest BCUT2D eigenvalue weighted by Crippen LogP contribution is 2.25. The van der Waals surface area contributed by atoms with E-state index >= 15 is 0 Å². The van der Waals surface area contributed by atoms with Crippen molar-refractivity contribution in [2.75, 3.05) is 42.9 Å². The van der Waals surface area contributed by atoms with Crippen LogP contribution in [0.4, 0.5) is 16.3 Å². The number of rotatable bonds is 4. The number of carbonyl (C=O) groups excluding carboxylic acids is 1. The van der Waals surface area contributed by atoms with Gasteiger partial charge in [-0.25, -0.2) is 9.97 Å². The molecular weight excluding hydrogens is 430 g/mol. The predicted molar refractivity (Wildman–Crippen MR) is 113 cm³/mol. The van der Waals surface area contributed by atoms with E-state index in [0.717, 1.165) is 46.6 Å². The van der Waals surface area contributed by atoms with Crippen LogP contribution in [-0.4, -0.2) is 53.4 Å². The van der Waals surface area contributed by atoms with Crippen LogP contribution in [0.25, 0.3) is 0 Å². The molecule has 1 aliphatic rings. The molecule has 0 bridgehead atoms. The van der Waals surface area contributed by atoms with Crippen molar-refractivity contribution in [1.29, 1.82) is 0 Å². The van der Waals surface area contributed by atoms with Gasteiger partial charge in [-0.3, -0.25) is 4.79 Å². The number of aromatic nitrogens is 2. The molecule has 3 rings (SSSR count). The predicted octanol–water partition coefficient (Wildman–Crippen LogP) is 3.87. The second-order valence-corrected chi connectivity index (χ2v) is 7.85. The van der Waals surface area contributed by atoms with Gasteiger partial charge >= 0.3 is 5.24 Å². The highest BCUT2D eigenvalue weighted by Gasteiger charge is 2.22. The van der Waals surface area contributed by atoms with Gasteiger partial charge in [0.2, 0.25) is 0 Å². The quantitative estimate of drug-likeness (QED) is 0.707. The molecule has 0 saturated carbocycles. The van der Waals surface area contributed by atoms with Crippen LogP contribution < -0.4 is 14.4 Å². The molecule has 1 amide bonds. The number of nitrogens with zero attached hydrogens (tertiary/aromatic N) is 4.